The molecule has 19 heavy (non-hydrogen) atoms. The fourth-order valence-corrected chi connectivity index (χ4v) is 1.71. The Morgan fingerprint density at radius 1 is 1.16 bits per heavy atom. The van der Waals surface area contributed by atoms with Crippen molar-refractivity contribution in [3.8, 4) is 0 Å². The van der Waals surface area contributed by atoms with Gasteiger partial charge in [0.15, 0.2) is 0 Å². The van der Waals surface area contributed by atoms with E-state index in [0.29, 0.717) is 5.69 Å². The third kappa shape index (κ3) is 3.08. The monoisotopic (exact) mass is 276 g/mol. The number of nitrogens with one attached hydrogen (secondary N) is 1. The van der Waals surface area contributed by atoms with Gasteiger partial charge in [0.1, 0.15) is 5.02 Å². The van der Waals surface area contributed by atoms with E-state index in [2.05, 4.69) is 5.32 Å². The third-order valence-electron chi connectivity index (χ3n) is 2.44. The molecular formula is C13H9ClN2O3. The highest BCUT2D eigenvalue weighted by atomic mass is 35.5. The minimum absolute atomic E-state index is 0.00117. The Hall–Kier alpha value is -2.40. The van der Waals surface area contributed by atoms with Gasteiger partial charge in [-0.15, -0.1) is 0 Å². The maximum atomic E-state index is 11.9. The molecular weight excluding hydrogens is 268 g/mol. The van der Waals surface area contributed by atoms with E-state index in [-0.39, 0.29) is 16.3 Å². The summed E-state index contributed by atoms with van der Waals surface area (Å²) >= 11 is 5.68. The van der Waals surface area contributed by atoms with E-state index in [1.165, 1.54) is 12.1 Å². The zero-order chi connectivity index (χ0) is 13.8. The van der Waals surface area contributed by atoms with Gasteiger partial charge >= 0.3 is 0 Å². The summed E-state index contributed by atoms with van der Waals surface area (Å²) in [5.41, 5.74) is 0.507. The van der Waals surface area contributed by atoms with Crippen molar-refractivity contribution in [1.82, 2.24) is 0 Å². The first-order chi connectivity index (χ1) is 9.08. The highest BCUT2D eigenvalue weighted by Gasteiger charge is 2.16. The highest BCUT2D eigenvalue weighted by molar-refractivity contribution is 6.32. The Labute approximate surface area is 114 Å². The van der Waals surface area contributed by atoms with E-state index in [4.69, 9.17) is 11.6 Å². The van der Waals surface area contributed by atoms with E-state index in [0.717, 1.165) is 6.07 Å². The number of halogens is 1. The van der Waals surface area contributed by atoms with Gasteiger partial charge in [-0.2, -0.15) is 0 Å². The molecule has 6 heteroatoms. The van der Waals surface area contributed by atoms with Gasteiger partial charge in [0, 0.05) is 17.3 Å². The molecule has 0 aromatic heterocycles. The van der Waals surface area contributed by atoms with Gasteiger partial charge in [-0.1, -0.05) is 29.8 Å². The van der Waals surface area contributed by atoms with Crippen LogP contribution in [-0.4, -0.2) is 10.8 Å². The maximum Gasteiger partial charge on any atom is 0.288 e. The SMILES string of the molecule is O=C(Nc1ccccc1)c1ccc(Cl)c([N+](=O)[O-])c1. The normalized spacial score (nSPS) is 9.95. The number of nitro groups is 1. The van der Waals surface area contributed by atoms with Gasteiger partial charge in [-0.3, -0.25) is 14.9 Å². The molecule has 0 spiro atoms. The molecule has 0 aliphatic carbocycles. The summed E-state index contributed by atoms with van der Waals surface area (Å²) in [5.74, 6) is -0.425. The van der Waals surface area contributed by atoms with Crippen LogP contribution in [0, 0.1) is 10.1 Å². The second-order valence-corrected chi connectivity index (χ2v) is 4.15. The average Bonchev–Trinajstić information content (AvgIpc) is 2.40. The van der Waals surface area contributed by atoms with Crippen molar-refractivity contribution in [1.29, 1.82) is 0 Å². The number of amides is 1. The molecule has 0 aliphatic rings. The fraction of sp³-hybridized carbons (Fsp3) is 0. The topological polar surface area (TPSA) is 72.2 Å². The third-order valence-corrected chi connectivity index (χ3v) is 2.76. The van der Waals surface area contributed by atoms with Gasteiger partial charge in [-0.25, -0.2) is 0 Å². The molecule has 0 bridgehead atoms. The minimum atomic E-state index is -0.623. The summed E-state index contributed by atoms with van der Waals surface area (Å²) in [4.78, 5) is 22.0. The molecule has 0 radical (unpaired) electrons. The van der Waals surface area contributed by atoms with Crippen LogP contribution in [0.3, 0.4) is 0 Å². The Kier molecular flexibility index (Phi) is 3.77. The first-order valence-electron chi connectivity index (χ1n) is 5.38. The Bertz CT molecular complexity index is 629. The number of benzene rings is 2. The Morgan fingerprint density at radius 3 is 2.47 bits per heavy atom. The van der Waals surface area contributed by atoms with Gasteiger partial charge < -0.3 is 5.32 Å². The van der Waals surface area contributed by atoms with E-state index < -0.39 is 10.8 Å². The summed E-state index contributed by atoms with van der Waals surface area (Å²) in [5, 5.41) is 13.4. The lowest BCUT2D eigenvalue weighted by molar-refractivity contribution is -0.384. The molecule has 0 unspecified atom stereocenters. The molecule has 2 aromatic carbocycles. The molecule has 0 atom stereocenters. The Morgan fingerprint density at radius 2 is 1.84 bits per heavy atom. The summed E-state index contributed by atoms with van der Waals surface area (Å²) < 4.78 is 0. The molecule has 0 aliphatic heterocycles. The smallest absolute Gasteiger partial charge is 0.288 e. The zero-order valence-corrected chi connectivity index (χ0v) is 10.4. The number of rotatable bonds is 3. The number of hydrogen-bond acceptors (Lipinski definition) is 3. The average molecular weight is 277 g/mol. The number of nitrogens with zero attached hydrogens (tertiary/aromatic N) is 1. The number of hydrogen-bond donors (Lipinski definition) is 1. The van der Waals surface area contributed by atoms with Gasteiger partial charge in [0.25, 0.3) is 11.6 Å². The molecule has 5 nitrogen and oxygen atoms in total. The van der Waals surface area contributed by atoms with Crippen molar-refractivity contribution >= 4 is 28.9 Å². The predicted octanol–water partition coefficient (Wildman–Crippen LogP) is 3.50. The van der Waals surface area contributed by atoms with Crippen LogP contribution in [0.1, 0.15) is 10.4 Å². The van der Waals surface area contributed by atoms with Crippen LogP contribution in [0.25, 0.3) is 0 Å². The minimum Gasteiger partial charge on any atom is -0.322 e. The summed E-state index contributed by atoms with van der Waals surface area (Å²) in [6.45, 7) is 0. The molecule has 2 aromatic rings. The quantitative estimate of drug-likeness (QED) is 0.689. The lowest BCUT2D eigenvalue weighted by atomic mass is 10.2. The lowest BCUT2D eigenvalue weighted by Crippen LogP contribution is -2.12. The second kappa shape index (κ2) is 5.49. The van der Waals surface area contributed by atoms with E-state index >= 15 is 0 Å². The Balaban J connectivity index is 2.25. The van der Waals surface area contributed by atoms with Crippen LogP contribution >= 0.6 is 11.6 Å². The van der Waals surface area contributed by atoms with Gasteiger partial charge in [0.2, 0.25) is 0 Å². The first-order valence-corrected chi connectivity index (χ1v) is 5.76. The van der Waals surface area contributed by atoms with Crippen LogP contribution in [0.15, 0.2) is 48.5 Å². The summed E-state index contributed by atoms with van der Waals surface area (Å²) in [7, 11) is 0. The molecule has 0 fully saturated rings. The van der Waals surface area contributed by atoms with Crippen LogP contribution in [0.5, 0.6) is 0 Å². The number of nitro benzene ring substituents is 1. The largest absolute Gasteiger partial charge is 0.322 e. The second-order valence-electron chi connectivity index (χ2n) is 3.74. The number of anilines is 1. The maximum absolute atomic E-state index is 11.9. The van der Waals surface area contributed by atoms with E-state index in [9.17, 15) is 14.9 Å². The zero-order valence-electron chi connectivity index (χ0n) is 9.67. The highest BCUT2D eigenvalue weighted by Crippen LogP contribution is 2.25. The standard InChI is InChI=1S/C13H9ClN2O3/c14-11-7-6-9(8-12(11)16(18)19)13(17)15-10-4-2-1-3-5-10/h1-8H,(H,15,17). The molecule has 0 saturated carbocycles. The molecule has 0 saturated heterocycles. The van der Waals surface area contributed by atoms with Crippen molar-refractivity contribution in [3.05, 3.63) is 69.2 Å². The molecule has 1 amide bonds. The fourth-order valence-electron chi connectivity index (χ4n) is 1.52. The van der Waals surface area contributed by atoms with Crippen molar-refractivity contribution in [2.75, 3.05) is 5.32 Å². The van der Waals surface area contributed by atoms with Crippen molar-refractivity contribution in [2.24, 2.45) is 0 Å². The number of para-hydroxylation sites is 1. The molecule has 96 valence electrons. The van der Waals surface area contributed by atoms with Crippen LogP contribution in [-0.2, 0) is 0 Å². The molecule has 2 rings (SSSR count). The first kappa shape index (κ1) is 13.0. The van der Waals surface area contributed by atoms with E-state index in [1.807, 2.05) is 6.07 Å². The van der Waals surface area contributed by atoms with Crippen LogP contribution in [0.2, 0.25) is 5.02 Å². The number of carbonyl (C=O) groups is 1. The van der Waals surface area contributed by atoms with Crippen LogP contribution in [0.4, 0.5) is 11.4 Å². The molecule has 1 N–H and O–H groups in total. The van der Waals surface area contributed by atoms with Crippen molar-refractivity contribution in [3.63, 3.8) is 0 Å². The van der Waals surface area contributed by atoms with Gasteiger partial charge in [0.05, 0.1) is 4.92 Å². The summed E-state index contributed by atoms with van der Waals surface area (Å²) in [6, 6.07) is 12.8. The summed E-state index contributed by atoms with van der Waals surface area (Å²) in [6.07, 6.45) is 0. The van der Waals surface area contributed by atoms with Crippen molar-refractivity contribution < 1.29 is 9.72 Å². The number of carbonyl (C=O) groups excluding carboxylic acids is 1. The predicted molar refractivity (Wildman–Crippen MR) is 72.5 cm³/mol. The van der Waals surface area contributed by atoms with Crippen LogP contribution < -0.4 is 5.32 Å². The van der Waals surface area contributed by atoms with E-state index in [1.54, 1.807) is 24.3 Å². The molecule has 0 heterocycles. The van der Waals surface area contributed by atoms with Crippen molar-refractivity contribution in [2.45, 2.75) is 0 Å². The lowest BCUT2D eigenvalue weighted by Gasteiger charge is -2.05. The van der Waals surface area contributed by atoms with Gasteiger partial charge in [-0.05, 0) is 24.3 Å².